The monoisotopic (exact) mass is 213 g/mol. The Morgan fingerprint density at radius 2 is 2.21 bits per heavy atom. The van der Waals surface area contributed by atoms with E-state index < -0.39 is 0 Å². The Labute approximate surface area is 90.4 Å². The lowest BCUT2D eigenvalue weighted by atomic mass is 9.92. The number of hydrogen-bond acceptors (Lipinski definition) is 3. The Morgan fingerprint density at radius 1 is 1.36 bits per heavy atom. The van der Waals surface area contributed by atoms with E-state index in [4.69, 9.17) is 0 Å². The van der Waals surface area contributed by atoms with Gasteiger partial charge < -0.3 is 0 Å². The number of hydrogen-bond donors (Lipinski definition) is 0. The molecule has 3 heteroatoms. The van der Waals surface area contributed by atoms with Gasteiger partial charge in [0.1, 0.15) is 5.78 Å². The summed E-state index contributed by atoms with van der Waals surface area (Å²) in [5.41, 5.74) is 0. The second-order valence-corrected chi connectivity index (χ2v) is 5.62. The largest absolute Gasteiger partial charge is 0.300 e. The first-order valence-corrected chi connectivity index (χ1v) is 6.74. The molecule has 14 heavy (non-hydrogen) atoms. The summed E-state index contributed by atoms with van der Waals surface area (Å²) in [4.78, 5) is 13.8. The average Bonchev–Trinajstić information content (AvgIpc) is 2.69. The number of ketones is 1. The van der Waals surface area contributed by atoms with Crippen molar-refractivity contribution in [1.82, 2.24) is 4.90 Å². The maximum Gasteiger partial charge on any atom is 0.134 e. The molecule has 1 aliphatic heterocycles. The topological polar surface area (TPSA) is 20.3 Å². The molecule has 2 unspecified atom stereocenters. The maximum absolute atomic E-state index is 11.4. The highest BCUT2D eigenvalue weighted by Crippen LogP contribution is 2.27. The molecule has 0 amide bonds. The van der Waals surface area contributed by atoms with Crippen LogP contribution < -0.4 is 0 Å². The highest BCUT2D eigenvalue weighted by Gasteiger charge is 2.29. The number of thioether (sulfide) groups is 1. The van der Waals surface area contributed by atoms with Crippen molar-refractivity contribution in [3.63, 3.8) is 0 Å². The Balaban J connectivity index is 1.89. The zero-order valence-corrected chi connectivity index (χ0v) is 9.68. The third kappa shape index (κ3) is 2.31. The Morgan fingerprint density at radius 3 is 2.86 bits per heavy atom. The van der Waals surface area contributed by atoms with E-state index in [1.165, 1.54) is 24.3 Å². The molecule has 2 fully saturated rings. The van der Waals surface area contributed by atoms with Crippen molar-refractivity contribution in [3.8, 4) is 0 Å². The van der Waals surface area contributed by atoms with Crippen molar-refractivity contribution in [2.24, 2.45) is 0 Å². The molecule has 2 aliphatic rings. The van der Waals surface area contributed by atoms with Crippen LogP contribution in [0.15, 0.2) is 0 Å². The lowest BCUT2D eigenvalue weighted by Gasteiger charge is -2.34. The van der Waals surface area contributed by atoms with E-state index in [2.05, 4.69) is 11.9 Å². The van der Waals surface area contributed by atoms with Crippen molar-refractivity contribution >= 4 is 17.5 Å². The van der Waals surface area contributed by atoms with Crippen LogP contribution in [0, 0.1) is 0 Å². The molecular weight excluding hydrogens is 194 g/mol. The molecule has 1 heterocycles. The van der Waals surface area contributed by atoms with Crippen LogP contribution in [-0.2, 0) is 4.79 Å². The summed E-state index contributed by atoms with van der Waals surface area (Å²) in [6.07, 6.45) is 5.27. The molecule has 2 atom stereocenters. The standard InChI is InChI=1S/C11H19NOS/c1-12(10-5-6-14-8-10)9-3-2-4-11(13)7-9/h9-10H,2-8H2,1H3. The van der Waals surface area contributed by atoms with Gasteiger partial charge in [0.25, 0.3) is 0 Å². The molecule has 0 N–H and O–H groups in total. The van der Waals surface area contributed by atoms with Gasteiger partial charge in [0.05, 0.1) is 0 Å². The Kier molecular flexibility index (Phi) is 3.50. The quantitative estimate of drug-likeness (QED) is 0.699. The van der Waals surface area contributed by atoms with Crippen LogP contribution in [0.5, 0.6) is 0 Å². The van der Waals surface area contributed by atoms with Gasteiger partial charge in [-0.2, -0.15) is 11.8 Å². The van der Waals surface area contributed by atoms with Crippen molar-refractivity contribution < 1.29 is 4.79 Å². The first-order chi connectivity index (χ1) is 6.77. The average molecular weight is 213 g/mol. The smallest absolute Gasteiger partial charge is 0.134 e. The molecule has 0 aromatic carbocycles. The molecule has 0 bridgehead atoms. The Hall–Kier alpha value is -0.0200. The number of carbonyl (C=O) groups excluding carboxylic acids is 1. The van der Waals surface area contributed by atoms with Crippen molar-refractivity contribution in [3.05, 3.63) is 0 Å². The first-order valence-electron chi connectivity index (χ1n) is 5.59. The molecule has 0 aromatic heterocycles. The molecule has 2 rings (SSSR count). The number of nitrogens with zero attached hydrogens (tertiary/aromatic N) is 1. The minimum absolute atomic E-state index is 0.471. The van der Waals surface area contributed by atoms with Gasteiger partial charge in [-0.25, -0.2) is 0 Å². The van der Waals surface area contributed by atoms with E-state index in [1.807, 2.05) is 11.8 Å². The fourth-order valence-electron chi connectivity index (χ4n) is 2.49. The fraction of sp³-hybridized carbons (Fsp3) is 0.909. The van der Waals surface area contributed by atoms with E-state index in [-0.39, 0.29) is 0 Å². The summed E-state index contributed by atoms with van der Waals surface area (Å²) in [5.74, 6) is 3.04. The third-order valence-corrected chi connectivity index (χ3v) is 4.66. The van der Waals surface area contributed by atoms with Gasteiger partial charge in [-0.1, -0.05) is 0 Å². The Bertz CT molecular complexity index is 213. The second-order valence-electron chi connectivity index (χ2n) is 4.47. The zero-order valence-electron chi connectivity index (χ0n) is 8.87. The normalized spacial score (nSPS) is 34.0. The van der Waals surface area contributed by atoms with Gasteiger partial charge in [-0.3, -0.25) is 9.69 Å². The van der Waals surface area contributed by atoms with E-state index >= 15 is 0 Å². The van der Waals surface area contributed by atoms with Gasteiger partial charge in [-0.05, 0) is 32.1 Å². The van der Waals surface area contributed by atoms with Crippen molar-refractivity contribution in [2.75, 3.05) is 18.6 Å². The summed E-state index contributed by atoms with van der Waals surface area (Å²) in [7, 11) is 2.21. The molecule has 1 aliphatic carbocycles. The van der Waals surface area contributed by atoms with Gasteiger partial charge in [-0.15, -0.1) is 0 Å². The minimum Gasteiger partial charge on any atom is -0.300 e. The summed E-state index contributed by atoms with van der Waals surface area (Å²) in [6.45, 7) is 0. The van der Waals surface area contributed by atoms with Gasteiger partial charge in [0, 0.05) is 30.7 Å². The first kappa shape index (κ1) is 10.5. The second kappa shape index (κ2) is 4.67. The van der Waals surface area contributed by atoms with Gasteiger partial charge in [0.2, 0.25) is 0 Å². The molecule has 80 valence electrons. The third-order valence-electron chi connectivity index (χ3n) is 3.51. The van der Waals surface area contributed by atoms with Crippen LogP contribution in [0.3, 0.4) is 0 Å². The van der Waals surface area contributed by atoms with Crippen LogP contribution in [0.2, 0.25) is 0 Å². The van der Waals surface area contributed by atoms with E-state index in [0.717, 1.165) is 25.3 Å². The number of rotatable bonds is 2. The predicted molar refractivity (Wildman–Crippen MR) is 60.8 cm³/mol. The minimum atomic E-state index is 0.471. The van der Waals surface area contributed by atoms with Crippen LogP contribution in [0.25, 0.3) is 0 Å². The summed E-state index contributed by atoms with van der Waals surface area (Å²) in [5, 5.41) is 0. The van der Waals surface area contributed by atoms with Gasteiger partial charge in [0.15, 0.2) is 0 Å². The molecule has 1 saturated heterocycles. The molecule has 0 radical (unpaired) electrons. The zero-order chi connectivity index (χ0) is 9.97. The summed E-state index contributed by atoms with van der Waals surface area (Å²) >= 11 is 2.05. The summed E-state index contributed by atoms with van der Waals surface area (Å²) < 4.78 is 0. The SMILES string of the molecule is CN(C1CCSC1)C1CCCC(=O)C1. The lowest BCUT2D eigenvalue weighted by Crippen LogP contribution is -2.42. The van der Waals surface area contributed by atoms with Crippen molar-refractivity contribution in [1.29, 1.82) is 0 Å². The van der Waals surface area contributed by atoms with Crippen LogP contribution >= 0.6 is 11.8 Å². The fourth-order valence-corrected chi connectivity index (χ4v) is 3.77. The highest BCUT2D eigenvalue weighted by molar-refractivity contribution is 7.99. The van der Waals surface area contributed by atoms with Crippen LogP contribution in [0.4, 0.5) is 0 Å². The molecule has 0 spiro atoms. The molecule has 1 saturated carbocycles. The van der Waals surface area contributed by atoms with E-state index in [1.54, 1.807) is 0 Å². The van der Waals surface area contributed by atoms with Crippen LogP contribution in [-0.4, -0.2) is 41.3 Å². The van der Waals surface area contributed by atoms with E-state index in [0.29, 0.717) is 11.8 Å². The van der Waals surface area contributed by atoms with Crippen LogP contribution in [0.1, 0.15) is 32.1 Å². The molecular formula is C11H19NOS. The molecule has 0 aromatic rings. The summed E-state index contributed by atoms with van der Waals surface area (Å²) in [6, 6.07) is 1.27. The lowest BCUT2D eigenvalue weighted by molar-refractivity contribution is -0.122. The maximum atomic E-state index is 11.4. The predicted octanol–water partition coefficient (Wildman–Crippen LogP) is 1.94. The van der Waals surface area contributed by atoms with Crippen molar-refractivity contribution in [2.45, 2.75) is 44.2 Å². The number of Topliss-reactive ketones (excluding diaryl/α,β-unsaturated/α-hetero) is 1. The molecule has 2 nitrogen and oxygen atoms in total. The van der Waals surface area contributed by atoms with Gasteiger partial charge >= 0.3 is 0 Å². The van der Waals surface area contributed by atoms with E-state index in [9.17, 15) is 4.79 Å². The highest BCUT2D eigenvalue weighted by atomic mass is 32.2. The number of carbonyl (C=O) groups is 1.